The van der Waals surface area contributed by atoms with E-state index in [4.69, 9.17) is 4.74 Å². The molecule has 2 atom stereocenters. The summed E-state index contributed by atoms with van der Waals surface area (Å²) in [4.78, 5) is 26.9. The molecule has 0 N–H and O–H groups in total. The highest BCUT2D eigenvalue weighted by molar-refractivity contribution is 6.00. The van der Waals surface area contributed by atoms with Gasteiger partial charge in [-0.25, -0.2) is 4.79 Å². The van der Waals surface area contributed by atoms with Crippen LogP contribution in [0, 0.1) is 0 Å². The number of esters is 1. The molecule has 25 heavy (non-hydrogen) atoms. The first-order valence-corrected chi connectivity index (χ1v) is 8.72. The topological polar surface area (TPSA) is 46.6 Å². The Labute approximate surface area is 148 Å². The van der Waals surface area contributed by atoms with Crippen molar-refractivity contribution >= 4 is 17.6 Å². The Balaban J connectivity index is 1.71. The van der Waals surface area contributed by atoms with Crippen LogP contribution >= 0.6 is 0 Å². The Hall–Kier alpha value is -2.62. The Morgan fingerprint density at radius 2 is 1.84 bits per heavy atom. The van der Waals surface area contributed by atoms with Gasteiger partial charge in [-0.2, -0.15) is 0 Å². The van der Waals surface area contributed by atoms with E-state index < -0.39 is 12.1 Å². The number of amides is 1. The smallest absolute Gasteiger partial charge is 0.338 e. The zero-order valence-corrected chi connectivity index (χ0v) is 14.9. The highest BCUT2D eigenvalue weighted by atomic mass is 16.5. The zero-order chi connectivity index (χ0) is 18.0. The lowest BCUT2D eigenvalue weighted by Crippen LogP contribution is -2.43. The summed E-state index contributed by atoms with van der Waals surface area (Å²) in [7, 11) is 0. The Kier molecular flexibility index (Phi) is 4.88. The molecule has 1 aliphatic heterocycles. The summed E-state index contributed by atoms with van der Waals surface area (Å²) in [6.45, 7) is 5.70. The van der Waals surface area contributed by atoms with Crippen molar-refractivity contribution in [2.45, 2.75) is 45.8 Å². The number of nitrogens with zero attached hydrogens (tertiary/aromatic N) is 1. The molecule has 1 aliphatic rings. The van der Waals surface area contributed by atoms with Gasteiger partial charge in [0, 0.05) is 11.7 Å². The maximum atomic E-state index is 12.8. The van der Waals surface area contributed by atoms with Crippen molar-refractivity contribution in [1.82, 2.24) is 0 Å². The van der Waals surface area contributed by atoms with Crippen LogP contribution in [0.5, 0.6) is 0 Å². The number of ether oxygens (including phenoxy) is 1. The van der Waals surface area contributed by atoms with Crippen LogP contribution in [-0.4, -0.2) is 24.0 Å². The van der Waals surface area contributed by atoms with E-state index >= 15 is 0 Å². The minimum Gasteiger partial charge on any atom is -0.449 e. The van der Waals surface area contributed by atoms with Gasteiger partial charge in [0.15, 0.2) is 6.10 Å². The van der Waals surface area contributed by atoms with E-state index in [-0.39, 0.29) is 11.9 Å². The van der Waals surface area contributed by atoms with Gasteiger partial charge in [0.2, 0.25) is 0 Å². The van der Waals surface area contributed by atoms with Crippen molar-refractivity contribution in [3.63, 3.8) is 0 Å². The van der Waals surface area contributed by atoms with Gasteiger partial charge >= 0.3 is 5.97 Å². The Morgan fingerprint density at radius 1 is 1.16 bits per heavy atom. The normalized spacial score (nSPS) is 17.1. The molecule has 2 aromatic carbocycles. The Bertz CT molecular complexity index is 782. The molecule has 4 nitrogen and oxygen atoms in total. The summed E-state index contributed by atoms with van der Waals surface area (Å²) in [5, 5.41) is 0. The average molecular weight is 337 g/mol. The zero-order valence-electron chi connectivity index (χ0n) is 14.9. The molecule has 0 aliphatic carbocycles. The van der Waals surface area contributed by atoms with Gasteiger partial charge in [0.25, 0.3) is 5.91 Å². The van der Waals surface area contributed by atoms with Gasteiger partial charge in [-0.05, 0) is 56.0 Å². The molecule has 0 saturated carbocycles. The molecule has 0 aromatic heterocycles. The van der Waals surface area contributed by atoms with Crippen LogP contribution in [0.2, 0.25) is 0 Å². The van der Waals surface area contributed by atoms with E-state index in [9.17, 15) is 9.59 Å². The van der Waals surface area contributed by atoms with Crippen LogP contribution in [0.25, 0.3) is 0 Å². The highest BCUT2D eigenvalue weighted by Crippen LogP contribution is 2.32. The van der Waals surface area contributed by atoms with Crippen LogP contribution in [-0.2, 0) is 22.4 Å². The lowest BCUT2D eigenvalue weighted by atomic mass is 10.1. The summed E-state index contributed by atoms with van der Waals surface area (Å²) in [5.74, 6) is -0.653. The van der Waals surface area contributed by atoms with Crippen LogP contribution < -0.4 is 4.90 Å². The van der Waals surface area contributed by atoms with E-state index in [1.54, 1.807) is 24.0 Å². The minimum absolute atomic E-state index is 0.0647. The molecule has 0 unspecified atom stereocenters. The number of anilines is 1. The molecule has 0 radical (unpaired) electrons. The number of fused-ring (bicyclic) bond motifs is 1. The highest BCUT2D eigenvalue weighted by Gasteiger charge is 2.34. The molecular weight excluding hydrogens is 314 g/mol. The number of carbonyl (C=O) groups excluding carboxylic acids is 2. The quantitative estimate of drug-likeness (QED) is 0.798. The van der Waals surface area contributed by atoms with Crippen molar-refractivity contribution in [1.29, 1.82) is 0 Å². The third-order valence-electron chi connectivity index (χ3n) is 4.67. The van der Waals surface area contributed by atoms with E-state index in [0.717, 1.165) is 29.7 Å². The molecule has 1 heterocycles. The monoisotopic (exact) mass is 337 g/mol. The van der Waals surface area contributed by atoms with Crippen LogP contribution in [0.4, 0.5) is 5.69 Å². The van der Waals surface area contributed by atoms with Gasteiger partial charge in [0.1, 0.15) is 0 Å². The molecule has 0 saturated heterocycles. The average Bonchev–Trinajstić information content (AvgIpc) is 2.96. The standard InChI is InChI=1S/C21H23NO3/c1-4-16-9-11-17(12-10-16)21(24)25-15(3)20(23)22-14(2)13-18-7-5-6-8-19(18)22/h5-12,14-15H,4,13H2,1-3H3/t14-,15-/m1/s1. The summed E-state index contributed by atoms with van der Waals surface area (Å²) in [6, 6.07) is 15.2. The fraction of sp³-hybridized carbons (Fsp3) is 0.333. The predicted molar refractivity (Wildman–Crippen MR) is 97.8 cm³/mol. The van der Waals surface area contributed by atoms with E-state index in [1.165, 1.54) is 0 Å². The van der Waals surface area contributed by atoms with Crippen molar-refractivity contribution in [2.24, 2.45) is 0 Å². The third-order valence-corrected chi connectivity index (χ3v) is 4.67. The van der Waals surface area contributed by atoms with Crippen LogP contribution in [0.15, 0.2) is 48.5 Å². The molecule has 0 bridgehead atoms. The predicted octanol–water partition coefficient (Wildman–Crippen LogP) is 3.77. The Morgan fingerprint density at radius 3 is 2.52 bits per heavy atom. The largest absolute Gasteiger partial charge is 0.449 e. The fourth-order valence-electron chi connectivity index (χ4n) is 3.25. The molecular formula is C21H23NO3. The lowest BCUT2D eigenvalue weighted by Gasteiger charge is -2.26. The van der Waals surface area contributed by atoms with Gasteiger partial charge < -0.3 is 9.64 Å². The van der Waals surface area contributed by atoms with Gasteiger partial charge in [-0.3, -0.25) is 4.79 Å². The second-order valence-corrected chi connectivity index (χ2v) is 6.49. The number of rotatable bonds is 4. The number of para-hydroxylation sites is 1. The number of hydrogen-bond donors (Lipinski definition) is 0. The summed E-state index contributed by atoms with van der Waals surface area (Å²) in [6.07, 6.45) is 0.907. The molecule has 4 heteroatoms. The number of carbonyl (C=O) groups is 2. The maximum Gasteiger partial charge on any atom is 0.338 e. The molecule has 2 aromatic rings. The number of aryl methyl sites for hydroxylation is 1. The van der Waals surface area contributed by atoms with Crippen molar-refractivity contribution in [3.8, 4) is 0 Å². The van der Waals surface area contributed by atoms with Crippen molar-refractivity contribution < 1.29 is 14.3 Å². The van der Waals surface area contributed by atoms with Crippen LogP contribution in [0.3, 0.4) is 0 Å². The van der Waals surface area contributed by atoms with E-state index in [2.05, 4.69) is 6.92 Å². The molecule has 0 fully saturated rings. The van der Waals surface area contributed by atoms with E-state index in [1.807, 2.05) is 43.3 Å². The molecule has 3 rings (SSSR count). The summed E-state index contributed by atoms with van der Waals surface area (Å²) >= 11 is 0. The molecule has 130 valence electrons. The summed E-state index contributed by atoms with van der Waals surface area (Å²) < 4.78 is 5.42. The van der Waals surface area contributed by atoms with Gasteiger partial charge in [-0.1, -0.05) is 37.3 Å². The molecule has 1 amide bonds. The molecule has 0 spiro atoms. The first-order valence-electron chi connectivity index (χ1n) is 8.72. The maximum absolute atomic E-state index is 12.8. The fourth-order valence-corrected chi connectivity index (χ4v) is 3.25. The SMILES string of the molecule is CCc1ccc(C(=O)O[C@H](C)C(=O)N2c3ccccc3C[C@H]2C)cc1. The van der Waals surface area contributed by atoms with Crippen LogP contribution in [0.1, 0.15) is 42.3 Å². The first-order chi connectivity index (χ1) is 12.0. The van der Waals surface area contributed by atoms with Gasteiger partial charge in [-0.15, -0.1) is 0 Å². The van der Waals surface area contributed by atoms with Gasteiger partial charge in [0.05, 0.1) is 5.56 Å². The second kappa shape index (κ2) is 7.09. The van der Waals surface area contributed by atoms with E-state index in [0.29, 0.717) is 5.56 Å². The number of hydrogen-bond acceptors (Lipinski definition) is 3. The third kappa shape index (κ3) is 3.43. The van der Waals surface area contributed by atoms with Crippen molar-refractivity contribution in [3.05, 3.63) is 65.2 Å². The number of benzene rings is 2. The minimum atomic E-state index is -0.827. The second-order valence-electron chi connectivity index (χ2n) is 6.49. The summed E-state index contributed by atoms with van der Waals surface area (Å²) in [5.41, 5.74) is 3.68. The van der Waals surface area contributed by atoms with Crippen molar-refractivity contribution in [2.75, 3.05) is 4.90 Å². The first kappa shape index (κ1) is 17.2. The lowest BCUT2D eigenvalue weighted by molar-refractivity contribution is -0.126.